The number of aliphatic carboxylic acids is 1. The quantitative estimate of drug-likeness (QED) is 0.450. The Bertz CT molecular complexity index is 975. The standard InChI is InChI=1S/C19H25N5O5/c1-3-24-17-15(10(2)22-24)16(21-12-4-11(5-12)18(27)28)13(7-20-17)14-6-19(8-25,9-26)29-23-14/h6-7,11-12,23,25-26H,3-5,8-9H2,1-2H3,(H,20,21)(H,27,28). The van der Waals surface area contributed by atoms with Crippen molar-refractivity contribution in [2.24, 2.45) is 5.92 Å². The molecule has 10 heteroatoms. The molecule has 10 nitrogen and oxygen atoms in total. The van der Waals surface area contributed by atoms with Crippen LogP contribution in [0, 0.1) is 12.8 Å². The summed E-state index contributed by atoms with van der Waals surface area (Å²) in [5, 5.41) is 37.3. The number of aromatic nitrogens is 3. The van der Waals surface area contributed by atoms with E-state index in [0.717, 1.165) is 22.4 Å². The van der Waals surface area contributed by atoms with Crippen LogP contribution in [0.4, 0.5) is 5.69 Å². The number of rotatable bonds is 7. The van der Waals surface area contributed by atoms with Gasteiger partial charge in [0.2, 0.25) is 0 Å². The molecule has 2 aromatic rings. The minimum Gasteiger partial charge on any atom is -0.481 e. The van der Waals surface area contributed by atoms with Crippen molar-refractivity contribution in [3.05, 3.63) is 23.5 Å². The van der Waals surface area contributed by atoms with Crippen LogP contribution in [0.15, 0.2) is 12.3 Å². The Labute approximate surface area is 167 Å². The Morgan fingerprint density at radius 2 is 2.14 bits per heavy atom. The number of hydrogen-bond donors (Lipinski definition) is 5. The van der Waals surface area contributed by atoms with E-state index in [4.69, 9.17) is 4.84 Å². The molecule has 0 radical (unpaired) electrons. The van der Waals surface area contributed by atoms with Gasteiger partial charge >= 0.3 is 5.97 Å². The van der Waals surface area contributed by atoms with E-state index < -0.39 is 11.6 Å². The minimum absolute atomic E-state index is 0.0215. The average Bonchev–Trinajstić information content (AvgIpc) is 3.26. The fourth-order valence-electron chi connectivity index (χ4n) is 3.85. The second-order valence-corrected chi connectivity index (χ2v) is 7.64. The molecule has 0 saturated heterocycles. The summed E-state index contributed by atoms with van der Waals surface area (Å²) in [5.74, 6) is -1.11. The van der Waals surface area contributed by atoms with Crippen LogP contribution in [0.1, 0.15) is 31.0 Å². The third kappa shape index (κ3) is 3.22. The molecule has 0 bridgehead atoms. The molecule has 1 aliphatic carbocycles. The number of carboxylic acids is 1. The summed E-state index contributed by atoms with van der Waals surface area (Å²) >= 11 is 0. The second kappa shape index (κ2) is 7.29. The number of carbonyl (C=O) groups is 1. The van der Waals surface area contributed by atoms with Crippen LogP contribution < -0.4 is 10.8 Å². The molecule has 5 N–H and O–H groups in total. The summed E-state index contributed by atoms with van der Waals surface area (Å²) in [5.41, 5.74) is 5.18. The summed E-state index contributed by atoms with van der Waals surface area (Å²) in [6.07, 6.45) is 4.42. The fraction of sp³-hybridized carbons (Fsp3) is 0.526. The monoisotopic (exact) mass is 403 g/mol. The number of nitrogens with zero attached hydrogens (tertiary/aromatic N) is 3. The van der Waals surface area contributed by atoms with Gasteiger partial charge in [0.25, 0.3) is 0 Å². The Kier molecular flexibility index (Phi) is 4.93. The molecule has 2 aliphatic rings. The number of hydroxylamine groups is 1. The van der Waals surface area contributed by atoms with Gasteiger partial charge in [0.15, 0.2) is 11.2 Å². The maximum absolute atomic E-state index is 11.2. The first-order chi connectivity index (χ1) is 13.9. The number of aliphatic hydroxyl groups excluding tert-OH is 2. The Hall–Kier alpha value is -2.69. The predicted molar refractivity (Wildman–Crippen MR) is 105 cm³/mol. The summed E-state index contributed by atoms with van der Waals surface area (Å²) in [6.45, 7) is 3.81. The van der Waals surface area contributed by atoms with Crippen molar-refractivity contribution in [1.29, 1.82) is 0 Å². The number of hydrogen-bond acceptors (Lipinski definition) is 8. The average molecular weight is 403 g/mol. The van der Waals surface area contributed by atoms with Crippen molar-refractivity contribution >= 4 is 28.4 Å². The third-order valence-corrected chi connectivity index (χ3v) is 5.67. The summed E-state index contributed by atoms with van der Waals surface area (Å²) in [4.78, 5) is 21.2. The van der Waals surface area contributed by atoms with Gasteiger partial charge in [0.1, 0.15) is 0 Å². The molecule has 1 aliphatic heterocycles. The lowest BCUT2D eigenvalue weighted by atomic mass is 9.80. The summed E-state index contributed by atoms with van der Waals surface area (Å²) in [7, 11) is 0. The molecule has 1 fully saturated rings. The zero-order valence-electron chi connectivity index (χ0n) is 16.3. The molecule has 0 spiro atoms. The molecule has 0 atom stereocenters. The van der Waals surface area contributed by atoms with Gasteiger partial charge in [-0.3, -0.25) is 15.1 Å². The predicted octanol–water partition coefficient (Wildman–Crippen LogP) is 0.634. The summed E-state index contributed by atoms with van der Waals surface area (Å²) < 4.78 is 1.82. The first-order valence-corrected chi connectivity index (χ1v) is 9.65. The van der Waals surface area contributed by atoms with Crippen molar-refractivity contribution in [2.75, 3.05) is 18.5 Å². The number of aliphatic hydroxyl groups is 2. The molecule has 0 unspecified atom stereocenters. The van der Waals surface area contributed by atoms with Gasteiger partial charge in [-0.05, 0) is 32.8 Å². The number of pyridine rings is 1. The minimum atomic E-state index is -1.21. The molecule has 3 heterocycles. The van der Waals surface area contributed by atoms with Gasteiger partial charge in [0.05, 0.1) is 41.6 Å². The van der Waals surface area contributed by atoms with Crippen LogP contribution in [0.5, 0.6) is 0 Å². The van der Waals surface area contributed by atoms with E-state index in [9.17, 15) is 20.1 Å². The van der Waals surface area contributed by atoms with E-state index in [1.807, 2.05) is 18.5 Å². The van der Waals surface area contributed by atoms with Gasteiger partial charge in [-0.15, -0.1) is 0 Å². The van der Waals surface area contributed by atoms with Crippen molar-refractivity contribution in [1.82, 2.24) is 20.2 Å². The van der Waals surface area contributed by atoms with E-state index in [2.05, 4.69) is 20.9 Å². The fourth-order valence-corrected chi connectivity index (χ4v) is 3.85. The zero-order valence-corrected chi connectivity index (χ0v) is 16.3. The van der Waals surface area contributed by atoms with E-state index in [1.165, 1.54) is 0 Å². The highest BCUT2D eigenvalue weighted by molar-refractivity contribution is 5.98. The van der Waals surface area contributed by atoms with Crippen molar-refractivity contribution in [2.45, 2.75) is 44.9 Å². The molecule has 1 saturated carbocycles. The lowest BCUT2D eigenvalue weighted by molar-refractivity contribution is -0.144. The number of anilines is 1. The van der Waals surface area contributed by atoms with Gasteiger partial charge < -0.3 is 20.6 Å². The van der Waals surface area contributed by atoms with Crippen LogP contribution in [0.25, 0.3) is 16.7 Å². The third-order valence-electron chi connectivity index (χ3n) is 5.67. The van der Waals surface area contributed by atoms with Gasteiger partial charge in [0, 0.05) is 24.3 Å². The van der Waals surface area contributed by atoms with Crippen LogP contribution >= 0.6 is 0 Å². The SMILES string of the molecule is CCn1nc(C)c2c(NC3CC(C(=O)O)C3)c(C3=CC(CO)(CO)ON3)cnc21. The van der Waals surface area contributed by atoms with Crippen LogP contribution in [-0.2, 0) is 16.2 Å². The molecule has 2 aromatic heterocycles. The van der Waals surface area contributed by atoms with E-state index in [-0.39, 0.29) is 25.2 Å². The molecule has 0 amide bonds. The van der Waals surface area contributed by atoms with Gasteiger partial charge in [-0.1, -0.05) is 0 Å². The number of carboxylic acid groups (broad SMARTS) is 1. The largest absolute Gasteiger partial charge is 0.481 e. The lowest BCUT2D eigenvalue weighted by Crippen LogP contribution is -2.39. The molecular formula is C19H25N5O5. The number of aryl methyl sites for hydroxylation is 2. The van der Waals surface area contributed by atoms with Crippen LogP contribution in [0.3, 0.4) is 0 Å². The first kappa shape index (κ1) is 19.6. The van der Waals surface area contributed by atoms with E-state index in [1.54, 1.807) is 12.3 Å². The Morgan fingerprint density at radius 1 is 1.41 bits per heavy atom. The van der Waals surface area contributed by atoms with Crippen molar-refractivity contribution < 1.29 is 25.0 Å². The number of fused-ring (bicyclic) bond motifs is 1. The highest BCUT2D eigenvalue weighted by Gasteiger charge is 2.38. The van der Waals surface area contributed by atoms with Crippen LogP contribution in [-0.4, -0.2) is 60.9 Å². The van der Waals surface area contributed by atoms with E-state index in [0.29, 0.717) is 30.6 Å². The van der Waals surface area contributed by atoms with Gasteiger partial charge in [-0.2, -0.15) is 5.10 Å². The topological polar surface area (TPSA) is 142 Å². The Morgan fingerprint density at radius 3 is 2.72 bits per heavy atom. The van der Waals surface area contributed by atoms with E-state index >= 15 is 0 Å². The maximum Gasteiger partial charge on any atom is 0.306 e. The smallest absolute Gasteiger partial charge is 0.306 e. The highest BCUT2D eigenvalue weighted by atomic mass is 16.7. The maximum atomic E-state index is 11.2. The van der Waals surface area contributed by atoms with Crippen molar-refractivity contribution in [3.63, 3.8) is 0 Å². The molecule has 0 aromatic carbocycles. The van der Waals surface area contributed by atoms with Gasteiger partial charge in [-0.25, -0.2) is 9.67 Å². The molecular weight excluding hydrogens is 378 g/mol. The first-order valence-electron chi connectivity index (χ1n) is 9.65. The van der Waals surface area contributed by atoms with Crippen LogP contribution in [0.2, 0.25) is 0 Å². The normalized spacial score (nSPS) is 22.8. The molecule has 4 rings (SSSR count). The zero-order chi connectivity index (χ0) is 20.8. The molecule has 29 heavy (non-hydrogen) atoms. The van der Waals surface area contributed by atoms with Crippen molar-refractivity contribution in [3.8, 4) is 0 Å². The lowest BCUT2D eigenvalue weighted by Gasteiger charge is -2.34. The Balaban J connectivity index is 1.78. The second-order valence-electron chi connectivity index (χ2n) is 7.64. The number of nitrogens with one attached hydrogen (secondary N) is 2. The molecule has 156 valence electrons. The summed E-state index contributed by atoms with van der Waals surface area (Å²) in [6, 6.07) is 0.0215. The highest BCUT2D eigenvalue weighted by Crippen LogP contribution is 2.38.